The largest absolute Gasteiger partial charge is 0.493 e. The van der Waals surface area contributed by atoms with Crippen molar-refractivity contribution < 1.29 is 9.47 Å². The highest BCUT2D eigenvalue weighted by molar-refractivity contribution is 5.39. The van der Waals surface area contributed by atoms with Gasteiger partial charge in [0.15, 0.2) is 11.5 Å². The number of benzene rings is 1. The van der Waals surface area contributed by atoms with Gasteiger partial charge in [0, 0.05) is 6.04 Å². The van der Waals surface area contributed by atoms with Gasteiger partial charge in [-0.2, -0.15) is 0 Å². The maximum Gasteiger partial charge on any atom is 0.161 e. The summed E-state index contributed by atoms with van der Waals surface area (Å²) in [5, 5.41) is 3.63. The van der Waals surface area contributed by atoms with Crippen molar-refractivity contribution in [2.75, 3.05) is 20.3 Å². The summed E-state index contributed by atoms with van der Waals surface area (Å²) in [5.41, 5.74) is 0.456. The zero-order chi connectivity index (χ0) is 14.4. The molecule has 1 aliphatic rings. The first-order chi connectivity index (χ1) is 9.72. The number of hydrogen-bond donors (Lipinski definition) is 1. The number of hydrogen-bond acceptors (Lipinski definition) is 3. The molecular weight excluding hydrogens is 250 g/mol. The van der Waals surface area contributed by atoms with Gasteiger partial charge in [-0.1, -0.05) is 19.1 Å². The average molecular weight is 277 g/mol. The van der Waals surface area contributed by atoms with Crippen LogP contribution in [0.25, 0.3) is 0 Å². The van der Waals surface area contributed by atoms with E-state index >= 15 is 0 Å². The summed E-state index contributed by atoms with van der Waals surface area (Å²) in [6, 6.07) is 8.44. The van der Waals surface area contributed by atoms with Gasteiger partial charge in [0.1, 0.15) is 0 Å². The van der Waals surface area contributed by atoms with E-state index in [4.69, 9.17) is 9.47 Å². The van der Waals surface area contributed by atoms with Gasteiger partial charge in [-0.05, 0) is 56.7 Å². The summed E-state index contributed by atoms with van der Waals surface area (Å²) in [6.45, 7) is 6.39. The van der Waals surface area contributed by atoms with Gasteiger partial charge in [-0.25, -0.2) is 0 Å². The summed E-state index contributed by atoms with van der Waals surface area (Å²) < 4.78 is 11.2. The van der Waals surface area contributed by atoms with Crippen molar-refractivity contribution >= 4 is 0 Å². The third kappa shape index (κ3) is 3.66. The molecule has 0 bridgehead atoms. The number of nitrogens with one attached hydrogen (secondary N) is 1. The quantitative estimate of drug-likeness (QED) is 0.747. The van der Waals surface area contributed by atoms with Crippen LogP contribution in [0, 0.1) is 5.41 Å². The molecule has 0 aromatic heterocycles. The molecule has 0 radical (unpaired) electrons. The molecule has 20 heavy (non-hydrogen) atoms. The predicted octanol–water partition coefficient (Wildman–Crippen LogP) is 3.63. The molecule has 1 saturated carbocycles. The van der Waals surface area contributed by atoms with E-state index in [1.165, 1.54) is 19.3 Å². The smallest absolute Gasteiger partial charge is 0.161 e. The van der Waals surface area contributed by atoms with Crippen LogP contribution in [0.1, 0.15) is 39.5 Å². The van der Waals surface area contributed by atoms with E-state index in [1.807, 2.05) is 24.3 Å². The summed E-state index contributed by atoms with van der Waals surface area (Å²) in [5.74, 6) is 1.66. The van der Waals surface area contributed by atoms with Crippen LogP contribution in [0.15, 0.2) is 24.3 Å². The minimum atomic E-state index is 0.456. The lowest BCUT2D eigenvalue weighted by Gasteiger charge is -2.24. The highest BCUT2D eigenvalue weighted by atomic mass is 16.5. The van der Waals surface area contributed by atoms with Gasteiger partial charge in [0.05, 0.1) is 13.7 Å². The van der Waals surface area contributed by atoms with E-state index in [9.17, 15) is 0 Å². The first-order valence-corrected chi connectivity index (χ1v) is 7.71. The molecule has 0 aliphatic heterocycles. The van der Waals surface area contributed by atoms with E-state index < -0.39 is 0 Å². The Morgan fingerprint density at radius 2 is 1.95 bits per heavy atom. The Morgan fingerprint density at radius 3 is 2.55 bits per heavy atom. The van der Waals surface area contributed by atoms with E-state index in [0.29, 0.717) is 11.5 Å². The Kier molecular flexibility index (Phi) is 5.30. The SMILES string of the molecule is CCCNC(C)C1(CCOc2ccccc2OC)CC1. The minimum absolute atomic E-state index is 0.456. The first-order valence-electron chi connectivity index (χ1n) is 7.71. The van der Waals surface area contributed by atoms with Crippen LogP contribution in [-0.4, -0.2) is 26.3 Å². The molecule has 0 saturated heterocycles. The molecule has 1 atom stereocenters. The fraction of sp³-hybridized carbons (Fsp3) is 0.647. The molecule has 1 fully saturated rings. The van der Waals surface area contributed by atoms with E-state index in [0.717, 1.165) is 31.1 Å². The number of rotatable bonds is 9. The van der Waals surface area contributed by atoms with Crippen LogP contribution in [-0.2, 0) is 0 Å². The maximum atomic E-state index is 5.91. The Labute approximate surface area is 122 Å². The van der Waals surface area contributed by atoms with Gasteiger partial charge >= 0.3 is 0 Å². The molecule has 112 valence electrons. The highest BCUT2D eigenvalue weighted by Crippen LogP contribution is 2.51. The zero-order valence-electron chi connectivity index (χ0n) is 12.9. The van der Waals surface area contributed by atoms with Crippen LogP contribution in [0.2, 0.25) is 0 Å². The summed E-state index contributed by atoms with van der Waals surface area (Å²) in [6.07, 6.45) is 4.95. The average Bonchev–Trinajstić information content (AvgIpc) is 3.26. The second-order valence-electron chi connectivity index (χ2n) is 5.79. The van der Waals surface area contributed by atoms with Crippen LogP contribution in [0.5, 0.6) is 11.5 Å². The molecular formula is C17H27NO2. The summed E-state index contributed by atoms with van der Waals surface area (Å²) >= 11 is 0. The number of ether oxygens (including phenoxy) is 2. The molecule has 1 aliphatic carbocycles. The standard InChI is InChI=1S/C17H27NO2/c1-4-12-18-14(2)17(9-10-17)11-13-20-16-8-6-5-7-15(16)19-3/h5-8,14,18H,4,9-13H2,1-3H3. The van der Waals surface area contributed by atoms with Gasteiger partial charge in [-0.3, -0.25) is 0 Å². The number of methoxy groups -OCH3 is 1. The van der Waals surface area contributed by atoms with E-state index in [2.05, 4.69) is 19.2 Å². The van der Waals surface area contributed by atoms with Gasteiger partial charge in [-0.15, -0.1) is 0 Å². The summed E-state index contributed by atoms with van der Waals surface area (Å²) in [7, 11) is 1.68. The Hall–Kier alpha value is -1.22. The monoisotopic (exact) mass is 277 g/mol. The van der Waals surface area contributed by atoms with Gasteiger partial charge in [0.25, 0.3) is 0 Å². The van der Waals surface area contributed by atoms with Crippen LogP contribution in [0.3, 0.4) is 0 Å². The van der Waals surface area contributed by atoms with E-state index in [1.54, 1.807) is 7.11 Å². The fourth-order valence-electron chi connectivity index (χ4n) is 2.74. The van der Waals surface area contributed by atoms with Crippen molar-refractivity contribution in [2.24, 2.45) is 5.41 Å². The topological polar surface area (TPSA) is 30.5 Å². The van der Waals surface area contributed by atoms with Gasteiger partial charge < -0.3 is 14.8 Å². The van der Waals surface area contributed by atoms with Crippen molar-refractivity contribution in [3.8, 4) is 11.5 Å². The molecule has 1 aromatic carbocycles. The molecule has 2 rings (SSSR count). The highest BCUT2D eigenvalue weighted by Gasteiger charge is 2.46. The maximum absolute atomic E-state index is 5.91. The zero-order valence-corrected chi connectivity index (χ0v) is 12.9. The van der Waals surface area contributed by atoms with Crippen LogP contribution in [0.4, 0.5) is 0 Å². The van der Waals surface area contributed by atoms with E-state index in [-0.39, 0.29) is 0 Å². The Balaban J connectivity index is 1.80. The molecule has 1 aromatic rings. The molecule has 0 spiro atoms. The Morgan fingerprint density at radius 1 is 1.25 bits per heavy atom. The predicted molar refractivity (Wildman–Crippen MR) is 82.5 cm³/mol. The normalized spacial score (nSPS) is 17.6. The third-order valence-corrected chi connectivity index (χ3v) is 4.44. The van der Waals surface area contributed by atoms with Crippen molar-refractivity contribution in [3.05, 3.63) is 24.3 Å². The molecule has 1 unspecified atom stereocenters. The van der Waals surface area contributed by atoms with Gasteiger partial charge in [0.2, 0.25) is 0 Å². The van der Waals surface area contributed by atoms with Crippen molar-refractivity contribution in [2.45, 2.75) is 45.6 Å². The second kappa shape index (κ2) is 6.98. The Bertz CT molecular complexity index is 415. The third-order valence-electron chi connectivity index (χ3n) is 4.44. The lowest BCUT2D eigenvalue weighted by molar-refractivity contribution is 0.230. The number of para-hydroxylation sites is 2. The minimum Gasteiger partial charge on any atom is -0.493 e. The van der Waals surface area contributed by atoms with Crippen molar-refractivity contribution in [1.82, 2.24) is 5.32 Å². The van der Waals surface area contributed by atoms with Crippen molar-refractivity contribution in [1.29, 1.82) is 0 Å². The summed E-state index contributed by atoms with van der Waals surface area (Å²) in [4.78, 5) is 0. The first kappa shape index (κ1) is 15.2. The molecule has 0 amide bonds. The van der Waals surface area contributed by atoms with Crippen LogP contribution >= 0.6 is 0 Å². The molecule has 1 N–H and O–H groups in total. The molecule has 3 heteroatoms. The fourth-order valence-corrected chi connectivity index (χ4v) is 2.74. The lowest BCUT2D eigenvalue weighted by Crippen LogP contribution is -2.36. The van der Waals surface area contributed by atoms with Crippen molar-refractivity contribution in [3.63, 3.8) is 0 Å². The lowest BCUT2D eigenvalue weighted by atomic mass is 9.94. The molecule has 3 nitrogen and oxygen atoms in total. The molecule has 0 heterocycles. The second-order valence-corrected chi connectivity index (χ2v) is 5.79. The van der Waals surface area contributed by atoms with Crippen LogP contribution < -0.4 is 14.8 Å².